The molecule has 2 N–H and O–H groups in total. The van der Waals surface area contributed by atoms with Crippen molar-refractivity contribution in [3.05, 3.63) is 62.6 Å². The summed E-state index contributed by atoms with van der Waals surface area (Å²) >= 11 is 17.9. The minimum Gasteiger partial charge on any atom is -0.508 e. The lowest BCUT2D eigenvalue weighted by Gasteiger charge is -2.03. The second-order valence-corrected chi connectivity index (χ2v) is 5.20. The summed E-state index contributed by atoms with van der Waals surface area (Å²) in [4.78, 5) is 11.8. The van der Waals surface area contributed by atoms with Crippen LogP contribution in [0.2, 0.25) is 15.1 Å². The van der Waals surface area contributed by atoms with Gasteiger partial charge in [0.05, 0.1) is 21.3 Å². The summed E-state index contributed by atoms with van der Waals surface area (Å²) in [6.45, 7) is 0. The molecule has 0 unspecified atom stereocenters. The summed E-state index contributed by atoms with van der Waals surface area (Å²) < 4.78 is 0. The van der Waals surface area contributed by atoms with Crippen LogP contribution in [0.4, 0.5) is 0 Å². The summed E-state index contributed by atoms with van der Waals surface area (Å²) in [6, 6.07) is 8.91. The molecule has 0 atom stereocenters. The van der Waals surface area contributed by atoms with E-state index >= 15 is 0 Å². The number of carbonyl (C=O) groups excluding carboxylic acids is 1. The van der Waals surface area contributed by atoms with Gasteiger partial charge in [-0.2, -0.15) is 5.10 Å². The molecule has 0 heterocycles. The molecule has 0 spiro atoms. The zero-order valence-electron chi connectivity index (χ0n) is 10.5. The number of carbonyl (C=O) groups is 1. The zero-order chi connectivity index (χ0) is 15.4. The van der Waals surface area contributed by atoms with E-state index in [2.05, 4.69) is 10.5 Å². The quantitative estimate of drug-likeness (QED) is 0.500. The summed E-state index contributed by atoms with van der Waals surface area (Å²) in [5, 5.41) is 13.9. The van der Waals surface area contributed by atoms with Gasteiger partial charge in [-0.3, -0.25) is 4.79 Å². The Morgan fingerprint density at radius 3 is 2.33 bits per heavy atom. The van der Waals surface area contributed by atoms with Crippen LogP contribution in [0.3, 0.4) is 0 Å². The number of aromatic hydroxyl groups is 1. The number of nitrogens with one attached hydrogen (secondary N) is 1. The van der Waals surface area contributed by atoms with E-state index in [0.717, 1.165) is 0 Å². The van der Waals surface area contributed by atoms with Crippen LogP contribution in [-0.4, -0.2) is 17.2 Å². The number of hydrogen-bond donors (Lipinski definition) is 2. The van der Waals surface area contributed by atoms with E-state index in [1.165, 1.54) is 30.5 Å². The van der Waals surface area contributed by atoms with Gasteiger partial charge < -0.3 is 5.11 Å². The second kappa shape index (κ2) is 6.80. The van der Waals surface area contributed by atoms with Crippen LogP contribution in [0.25, 0.3) is 0 Å². The molecule has 21 heavy (non-hydrogen) atoms. The first-order valence-corrected chi connectivity index (χ1v) is 6.88. The lowest BCUT2D eigenvalue weighted by molar-refractivity contribution is 0.0955. The molecule has 0 aromatic heterocycles. The molecule has 0 saturated heterocycles. The average Bonchev–Trinajstić information content (AvgIpc) is 2.47. The van der Waals surface area contributed by atoms with Crippen molar-refractivity contribution in [1.82, 2.24) is 5.43 Å². The molecule has 0 aliphatic carbocycles. The predicted octanol–water partition coefficient (Wildman–Crippen LogP) is 4.12. The number of hydrazone groups is 1. The smallest absolute Gasteiger partial charge is 0.271 e. The topological polar surface area (TPSA) is 61.7 Å². The van der Waals surface area contributed by atoms with Gasteiger partial charge >= 0.3 is 0 Å². The van der Waals surface area contributed by atoms with E-state index in [0.29, 0.717) is 21.2 Å². The first kappa shape index (κ1) is 15.6. The first-order chi connectivity index (χ1) is 9.99. The Balaban J connectivity index is 2.11. The van der Waals surface area contributed by atoms with Gasteiger partial charge in [0.1, 0.15) is 5.75 Å². The Hall–Kier alpha value is -1.75. The van der Waals surface area contributed by atoms with E-state index in [9.17, 15) is 4.79 Å². The van der Waals surface area contributed by atoms with Crippen molar-refractivity contribution >= 4 is 46.9 Å². The first-order valence-electron chi connectivity index (χ1n) is 5.75. The van der Waals surface area contributed by atoms with Gasteiger partial charge in [-0.05, 0) is 36.4 Å². The van der Waals surface area contributed by atoms with Crippen LogP contribution in [-0.2, 0) is 0 Å². The van der Waals surface area contributed by atoms with Crippen molar-refractivity contribution in [2.45, 2.75) is 0 Å². The van der Waals surface area contributed by atoms with E-state index in [4.69, 9.17) is 39.9 Å². The van der Waals surface area contributed by atoms with E-state index in [-0.39, 0.29) is 10.8 Å². The lowest BCUT2D eigenvalue weighted by atomic mass is 10.2. The van der Waals surface area contributed by atoms with Crippen molar-refractivity contribution in [1.29, 1.82) is 0 Å². The van der Waals surface area contributed by atoms with E-state index in [1.807, 2.05) is 0 Å². The summed E-state index contributed by atoms with van der Waals surface area (Å²) in [5.74, 6) is -0.354. The average molecular weight is 344 g/mol. The van der Waals surface area contributed by atoms with Crippen molar-refractivity contribution in [3.8, 4) is 5.75 Å². The van der Waals surface area contributed by atoms with E-state index < -0.39 is 5.91 Å². The molecule has 2 aromatic rings. The number of nitrogens with zero attached hydrogens (tertiary/aromatic N) is 1. The molecule has 0 aliphatic heterocycles. The lowest BCUT2D eigenvalue weighted by Crippen LogP contribution is -2.17. The van der Waals surface area contributed by atoms with Crippen LogP contribution in [0.15, 0.2) is 41.5 Å². The van der Waals surface area contributed by atoms with Gasteiger partial charge in [0, 0.05) is 11.1 Å². The Bertz CT molecular complexity index is 700. The van der Waals surface area contributed by atoms with Crippen LogP contribution >= 0.6 is 34.8 Å². The maximum absolute atomic E-state index is 11.8. The number of amides is 1. The van der Waals surface area contributed by atoms with Crippen LogP contribution in [0.1, 0.15) is 15.9 Å². The zero-order valence-corrected chi connectivity index (χ0v) is 12.7. The maximum atomic E-state index is 11.8. The monoisotopic (exact) mass is 342 g/mol. The minimum absolute atomic E-state index is 0.0764. The number of rotatable bonds is 3. The molecule has 0 fully saturated rings. The summed E-state index contributed by atoms with van der Waals surface area (Å²) in [5.41, 5.74) is 3.10. The fraction of sp³-hybridized carbons (Fsp3) is 0. The van der Waals surface area contributed by atoms with Gasteiger partial charge in [0.15, 0.2) is 0 Å². The van der Waals surface area contributed by atoms with Crippen LogP contribution < -0.4 is 5.43 Å². The fourth-order valence-electron chi connectivity index (χ4n) is 1.49. The Kier molecular flexibility index (Phi) is 5.07. The molecule has 0 saturated carbocycles. The molecular weight excluding hydrogens is 335 g/mol. The summed E-state index contributed by atoms with van der Waals surface area (Å²) in [7, 11) is 0. The summed E-state index contributed by atoms with van der Waals surface area (Å²) in [6.07, 6.45) is 1.31. The minimum atomic E-state index is -0.430. The molecule has 0 bridgehead atoms. The highest BCUT2D eigenvalue weighted by Crippen LogP contribution is 2.29. The van der Waals surface area contributed by atoms with Crippen LogP contribution in [0.5, 0.6) is 5.75 Å². The number of phenolic OH excluding ortho intramolecular Hbond substituents is 1. The molecular formula is C14H9Cl3N2O2. The highest BCUT2D eigenvalue weighted by atomic mass is 35.5. The molecule has 2 rings (SSSR count). The van der Waals surface area contributed by atoms with Crippen LogP contribution in [0, 0.1) is 0 Å². The number of hydrogen-bond acceptors (Lipinski definition) is 3. The van der Waals surface area contributed by atoms with Gasteiger partial charge in [-0.25, -0.2) is 5.43 Å². The van der Waals surface area contributed by atoms with Gasteiger partial charge in [-0.15, -0.1) is 0 Å². The molecule has 108 valence electrons. The molecule has 1 amide bonds. The van der Waals surface area contributed by atoms with Crippen molar-refractivity contribution < 1.29 is 9.90 Å². The molecule has 0 radical (unpaired) electrons. The molecule has 0 aliphatic rings. The maximum Gasteiger partial charge on any atom is 0.271 e. The largest absolute Gasteiger partial charge is 0.508 e. The van der Waals surface area contributed by atoms with E-state index in [1.54, 1.807) is 12.1 Å². The predicted molar refractivity (Wildman–Crippen MR) is 84.6 cm³/mol. The highest BCUT2D eigenvalue weighted by Gasteiger charge is 2.08. The fourth-order valence-corrected chi connectivity index (χ4v) is 2.13. The third-order valence-electron chi connectivity index (χ3n) is 2.57. The van der Waals surface area contributed by atoms with Crippen molar-refractivity contribution in [3.63, 3.8) is 0 Å². The standard InChI is InChI=1S/C14H9Cl3N2O2/c15-11-5-6-12(16)13(17)10(11)7-18-19-14(21)8-1-3-9(20)4-2-8/h1-7,20H,(H,19,21)/b18-7-. The van der Waals surface area contributed by atoms with Gasteiger partial charge in [0.2, 0.25) is 0 Å². The third kappa shape index (κ3) is 3.88. The number of halogens is 3. The normalized spacial score (nSPS) is 10.8. The molecule has 4 nitrogen and oxygen atoms in total. The second-order valence-electron chi connectivity index (χ2n) is 4.00. The SMILES string of the molecule is O=C(N/N=C\c1c(Cl)ccc(Cl)c1Cl)c1ccc(O)cc1. The highest BCUT2D eigenvalue weighted by molar-refractivity contribution is 6.45. The molecule has 2 aromatic carbocycles. The van der Waals surface area contributed by atoms with Crippen molar-refractivity contribution in [2.75, 3.05) is 0 Å². The van der Waals surface area contributed by atoms with Gasteiger partial charge in [0.25, 0.3) is 5.91 Å². The molecule has 7 heteroatoms. The Labute approximate surface area is 135 Å². The van der Waals surface area contributed by atoms with Crippen molar-refractivity contribution in [2.24, 2.45) is 5.10 Å². The Morgan fingerprint density at radius 2 is 1.67 bits per heavy atom. The third-order valence-corrected chi connectivity index (χ3v) is 3.72. The number of benzene rings is 2. The Morgan fingerprint density at radius 1 is 1.05 bits per heavy atom. The van der Waals surface area contributed by atoms with Gasteiger partial charge in [-0.1, -0.05) is 34.8 Å². The number of phenols is 1.